The van der Waals surface area contributed by atoms with Gasteiger partial charge in [-0.05, 0) is 92.6 Å². The Kier molecular flexibility index (Phi) is 5.77. The monoisotopic (exact) mass is 454 g/mol. The van der Waals surface area contributed by atoms with E-state index in [1.807, 2.05) is 48.5 Å². The van der Waals surface area contributed by atoms with Crippen molar-refractivity contribution in [3.63, 3.8) is 0 Å². The van der Waals surface area contributed by atoms with Crippen molar-refractivity contribution in [2.75, 3.05) is 0 Å². The number of aromatic nitrogens is 6. The largest absolute Gasteiger partial charge is 0.446 e. The molecule has 5 rings (SSSR count). The predicted octanol–water partition coefficient (Wildman–Crippen LogP) is 5.84. The first kappa shape index (κ1) is 22.1. The summed E-state index contributed by atoms with van der Waals surface area (Å²) >= 11 is 0. The second kappa shape index (κ2) is 8.89. The standard InChI is InChI=1S/C27H30N6O/c1-6-7-12-21-19(4)17(2)18(3)20(5)26(21)34-27(32-28-22-13-8-9-14-23(22)29-32)33-30-24-15-10-11-16-25(24)31-33/h8-11,13-16,27H,6-7,12H2,1-5H3. The summed E-state index contributed by atoms with van der Waals surface area (Å²) in [7, 11) is 0. The van der Waals surface area contributed by atoms with Crippen molar-refractivity contribution in [2.24, 2.45) is 0 Å². The van der Waals surface area contributed by atoms with Crippen LogP contribution < -0.4 is 4.74 Å². The Morgan fingerprint density at radius 1 is 0.676 bits per heavy atom. The van der Waals surface area contributed by atoms with E-state index < -0.39 is 6.35 Å². The van der Waals surface area contributed by atoms with Crippen LogP contribution in [0.2, 0.25) is 0 Å². The van der Waals surface area contributed by atoms with Crippen molar-refractivity contribution in [3.05, 3.63) is 76.3 Å². The highest BCUT2D eigenvalue weighted by Gasteiger charge is 2.26. The van der Waals surface area contributed by atoms with E-state index in [2.05, 4.69) is 34.6 Å². The van der Waals surface area contributed by atoms with Crippen LogP contribution in [0.15, 0.2) is 48.5 Å². The lowest BCUT2D eigenvalue weighted by atomic mass is 9.91. The SMILES string of the molecule is CCCCc1c(C)c(C)c(C)c(C)c1OC(n1nc2ccccc2n1)n1nc2ccccc2n1. The van der Waals surface area contributed by atoms with Gasteiger partial charge in [0.2, 0.25) is 0 Å². The van der Waals surface area contributed by atoms with Crippen LogP contribution in [0.5, 0.6) is 5.75 Å². The van der Waals surface area contributed by atoms with Crippen LogP contribution in [0.1, 0.15) is 53.9 Å². The fourth-order valence-electron chi connectivity index (χ4n) is 4.41. The van der Waals surface area contributed by atoms with Gasteiger partial charge in [0.05, 0.1) is 0 Å². The van der Waals surface area contributed by atoms with Crippen LogP contribution in [0, 0.1) is 27.7 Å². The van der Waals surface area contributed by atoms with Crippen LogP contribution >= 0.6 is 0 Å². The van der Waals surface area contributed by atoms with E-state index in [0.29, 0.717) is 0 Å². The summed E-state index contributed by atoms with van der Waals surface area (Å²) in [4.78, 5) is 3.16. The molecule has 0 radical (unpaired) electrons. The number of rotatable bonds is 7. The zero-order chi connectivity index (χ0) is 23.8. The first-order valence-electron chi connectivity index (χ1n) is 11.9. The van der Waals surface area contributed by atoms with Crippen LogP contribution in [-0.4, -0.2) is 30.0 Å². The Morgan fingerprint density at radius 2 is 1.12 bits per heavy atom. The van der Waals surface area contributed by atoms with Gasteiger partial charge in [0.15, 0.2) is 0 Å². The molecule has 34 heavy (non-hydrogen) atoms. The topological polar surface area (TPSA) is 70.7 Å². The quantitative estimate of drug-likeness (QED) is 0.309. The maximum atomic E-state index is 6.80. The molecule has 0 saturated carbocycles. The Morgan fingerprint density at radius 3 is 1.56 bits per heavy atom. The zero-order valence-corrected chi connectivity index (χ0v) is 20.4. The number of ether oxygens (including phenoxy) is 1. The summed E-state index contributed by atoms with van der Waals surface area (Å²) in [5.41, 5.74) is 9.40. The number of nitrogens with zero attached hydrogens (tertiary/aromatic N) is 6. The molecule has 174 valence electrons. The normalized spacial score (nSPS) is 11.7. The molecule has 0 N–H and O–H groups in total. The van der Waals surface area contributed by atoms with Gasteiger partial charge in [-0.1, -0.05) is 37.6 Å². The lowest BCUT2D eigenvalue weighted by Crippen LogP contribution is -2.29. The van der Waals surface area contributed by atoms with Gasteiger partial charge in [0, 0.05) is 0 Å². The molecule has 0 unspecified atom stereocenters. The number of hydrogen-bond acceptors (Lipinski definition) is 5. The molecule has 0 atom stereocenters. The molecule has 0 saturated heterocycles. The van der Waals surface area contributed by atoms with Crippen LogP contribution in [-0.2, 0) is 6.42 Å². The summed E-state index contributed by atoms with van der Waals surface area (Å²) in [6, 6.07) is 15.6. The van der Waals surface area contributed by atoms with Gasteiger partial charge in [-0.25, -0.2) is 0 Å². The van der Waals surface area contributed by atoms with Crippen molar-refractivity contribution in [1.82, 2.24) is 30.0 Å². The highest BCUT2D eigenvalue weighted by molar-refractivity contribution is 5.73. The average Bonchev–Trinajstić information content (AvgIpc) is 3.47. The zero-order valence-electron chi connectivity index (χ0n) is 20.4. The van der Waals surface area contributed by atoms with E-state index in [0.717, 1.165) is 52.6 Å². The molecule has 0 spiro atoms. The highest BCUT2D eigenvalue weighted by Crippen LogP contribution is 2.36. The molecule has 0 aliphatic rings. The highest BCUT2D eigenvalue weighted by atomic mass is 16.5. The lowest BCUT2D eigenvalue weighted by molar-refractivity contribution is 0.0474. The Labute approximate surface area is 199 Å². The Balaban J connectivity index is 1.69. The van der Waals surface area contributed by atoms with Gasteiger partial charge in [-0.3, -0.25) is 0 Å². The maximum absolute atomic E-state index is 6.80. The average molecular weight is 455 g/mol. The lowest BCUT2D eigenvalue weighted by Gasteiger charge is -2.24. The van der Waals surface area contributed by atoms with E-state index in [4.69, 9.17) is 25.1 Å². The molecule has 0 fully saturated rings. The van der Waals surface area contributed by atoms with Gasteiger partial charge < -0.3 is 4.74 Å². The van der Waals surface area contributed by atoms with Gasteiger partial charge >= 0.3 is 6.35 Å². The first-order chi connectivity index (χ1) is 16.5. The third-order valence-corrected chi connectivity index (χ3v) is 6.76. The van der Waals surface area contributed by atoms with Crippen LogP contribution in [0.25, 0.3) is 22.1 Å². The smallest absolute Gasteiger partial charge is 0.324 e. The van der Waals surface area contributed by atoms with Crippen molar-refractivity contribution in [1.29, 1.82) is 0 Å². The molecular formula is C27H30N6O. The number of fused-ring (bicyclic) bond motifs is 2. The molecule has 7 nitrogen and oxygen atoms in total. The molecular weight excluding hydrogens is 424 g/mol. The fraction of sp³-hybridized carbons (Fsp3) is 0.333. The first-order valence-corrected chi connectivity index (χ1v) is 11.9. The summed E-state index contributed by atoms with van der Waals surface area (Å²) < 4.78 is 6.80. The van der Waals surface area contributed by atoms with Gasteiger partial charge in [-0.2, -0.15) is 0 Å². The molecule has 5 aromatic rings. The number of benzene rings is 3. The van der Waals surface area contributed by atoms with E-state index in [1.165, 1.54) is 22.3 Å². The minimum Gasteiger partial charge on any atom is -0.446 e. The molecule has 0 amide bonds. The fourth-order valence-corrected chi connectivity index (χ4v) is 4.41. The molecule has 0 aliphatic carbocycles. The van der Waals surface area contributed by atoms with Crippen molar-refractivity contribution in [2.45, 2.75) is 60.2 Å². The third-order valence-electron chi connectivity index (χ3n) is 6.76. The summed E-state index contributed by atoms with van der Waals surface area (Å²) in [6.45, 7) is 10.9. The van der Waals surface area contributed by atoms with E-state index >= 15 is 0 Å². The number of unbranched alkanes of at least 4 members (excludes halogenated alkanes) is 1. The van der Waals surface area contributed by atoms with Crippen molar-refractivity contribution in [3.8, 4) is 5.75 Å². The Bertz CT molecular complexity index is 1340. The van der Waals surface area contributed by atoms with Crippen molar-refractivity contribution >= 4 is 22.1 Å². The molecule has 0 aliphatic heterocycles. The summed E-state index contributed by atoms with van der Waals surface area (Å²) in [5, 5.41) is 18.9. The summed E-state index contributed by atoms with van der Waals surface area (Å²) in [5.74, 6) is 0.877. The summed E-state index contributed by atoms with van der Waals surface area (Å²) in [6.07, 6.45) is 2.40. The minimum absolute atomic E-state index is 0.764. The second-order valence-electron chi connectivity index (χ2n) is 8.87. The molecule has 7 heteroatoms. The molecule has 2 heterocycles. The third kappa shape index (κ3) is 3.81. The van der Waals surface area contributed by atoms with E-state index in [1.54, 1.807) is 9.59 Å². The van der Waals surface area contributed by atoms with Gasteiger partial charge in [0.25, 0.3) is 0 Å². The predicted molar refractivity (Wildman–Crippen MR) is 134 cm³/mol. The van der Waals surface area contributed by atoms with Crippen LogP contribution in [0.4, 0.5) is 0 Å². The maximum Gasteiger partial charge on any atom is 0.324 e. The molecule has 0 bridgehead atoms. The van der Waals surface area contributed by atoms with E-state index in [-0.39, 0.29) is 0 Å². The van der Waals surface area contributed by atoms with Crippen molar-refractivity contribution < 1.29 is 4.74 Å². The molecule has 3 aromatic carbocycles. The van der Waals surface area contributed by atoms with Gasteiger partial charge in [-0.15, -0.1) is 30.0 Å². The Hall–Kier alpha value is -3.74. The second-order valence-corrected chi connectivity index (χ2v) is 8.87. The number of hydrogen-bond donors (Lipinski definition) is 0. The molecule has 2 aromatic heterocycles. The van der Waals surface area contributed by atoms with Gasteiger partial charge in [0.1, 0.15) is 27.8 Å². The minimum atomic E-state index is -0.764. The van der Waals surface area contributed by atoms with Crippen LogP contribution in [0.3, 0.4) is 0 Å². The van der Waals surface area contributed by atoms with E-state index in [9.17, 15) is 0 Å².